The summed E-state index contributed by atoms with van der Waals surface area (Å²) in [5.41, 5.74) is 2.12. The molecule has 2 heterocycles. The Morgan fingerprint density at radius 2 is 1.52 bits per heavy atom. The normalized spacial score (nSPS) is 25.9. The van der Waals surface area contributed by atoms with Gasteiger partial charge in [-0.15, -0.1) is 12.4 Å². The molecule has 0 aliphatic carbocycles. The second-order valence-corrected chi connectivity index (χ2v) is 6.02. The van der Waals surface area contributed by atoms with Crippen LogP contribution in [0.2, 0.25) is 0 Å². The van der Waals surface area contributed by atoms with E-state index < -0.39 is 5.79 Å². The molecule has 3 nitrogen and oxygen atoms in total. The van der Waals surface area contributed by atoms with E-state index >= 15 is 0 Å². The first-order chi connectivity index (χ1) is 10.9. The summed E-state index contributed by atoms with van der Waals surface area (Å²) in [6.45, 7) is 1.73. The van der Waals surface area contributed by atoms with Crippen molar-refractivity contribution in [1.82, 2.24) is 5.32 Å². The molecule has 0 amide bonds. The van der Waals surface area contributed by atoms with Crippen LogP contribution in [0.15, 0.2) is 60.7 Å². The third-order valence-corrected chi connectivity index (χ3v) is 4.61. The fourth-order valence-corrected chi connectivity index (χ4v) is 3.47. The van der Waals surface area contributed by atoms with Crippen molar-refractivity contribution in [1.29, 1.82) is 0 Å². The molecule has 23 heavy (non-hydrogen) atoms. The van der Waals surface area contributed by atoms with Crippen molar-refractivity contribution in [2.45, 2.75) is 30.8 Å². The topological polar surface area (TPSA) is 30.5 Å². The maximum Gasteiger partial charge on any atom is 0.222 e. The number of benzene rings is 2. The molecule has 2 aliphatic rings. The molecule has 2 unspecified atom stereocenters. The van der Waals surface area contributed by atoms with Crippen LogP contribution in [0.4, 0.5) is 0 Å². The molecule has 0 spiro atoms. The number of hydrogen-bond donors (Lipinski definition) is 1. The fourth-order valence-electron chi connectivity index (χ4n) is 3.47. The summed E-state index contributed by atoms with van der Waals surface area (Å²) in [7, 11) is 0. The Balaban J connectivity index is 0.00000156. The van der Waals surface area contributed by atoms with Crippen LogP contribution in [0.5, 0.6) is 0 Å². The molecular weight excluding hydrogens is 310 g/mol. The molecule has 2 saturated heterocycles. The summed E-state index contributed by atoms with van der Waals surface area (Å²) < 4.78 is 12.9. The van der Waals surface area contributed by atoms with Crippen molar-refractivity contribution < 1.29 is 9.47 Å². The van der Waals surface area contributed by atoms with Crippen molar-refractivity contribution in [3.63, 3.8) is 0 Å². The van der Waals surface area contributed by atoms with Crippen molar-refractivity contribution >= 4 is 12.4 Å². The van der Waals surface area contributed by atoms with E-state index in [1.807, 2.05) is 36.4 Å². The standard InChI is InChI=1S/C19H21NO2.ClH/c1-3-8-15(9-4-1)19(16-10-5-2-6-11-16)21-14-17-18(22-19)12-7-13-20-17;/h1-6,8-11,17-18,20H,7,12-14H2;1H. The summed E-state index contributed by atoms with van der Waals surface area (Å²) in [4.78, 5) is 0. The molecule has 4 heteroatoms. The van der Waals surface area contributed by atoms with Gasteiger partial charge in [-0.25, -0.2) is 0 Å². The number of rotatable bonds is 2. The fraction of sp³-hybridized carbons (Fsp3) is 0.368. The lowest BCUT2D eigenvalue weighted by atomic mass is 9.93. The maximum absolute atomic E-state index is 6.57. The van der Waals surface area contributed by atoms with Crippen LogP contribution in [-0.4, -0.2) is 25.3 Å². The third kappa shape index (κ3) is 3.02. The van der Waals surface area contributed by atoms with Gasteiger partial charge < -0.3 is 14.8 Å². The lowest BCUT2D eigenvalue weighted by Crippen LogP contribution is -2.58. The largest absolute Gasteiger partial charge is 0.340 e. The molecule has 2 atom stereocenters. The average molecular weight is 332 g/mol. The molecule has 2 aromatic rings. The Hall–Kier alpha value is -1.39. The van der Waals surface area contributed by atoms with E-state index in [0.717, 1.165) is 30.5 Å². The minimum Gasteiger partial charge on any atom is -0.340 e. The molecule has 2 aromatic carbocycles. The van der Waals surface area contributed by atoms with Gasteiger partial charge in [0, 0.05) is 11.1 Å². The zero-order valence-electron chi connectivity index (χ0n) is 13.0. The smallest absolute Gasteiger partial charge is 0.222 e. The Morgan fingerprint density at radius 1 is 0.913 bits per heavy atom. The van der Waals surface area contributed by atoms with Crippen molar-refractivity contribution in [3.05, 3.63) is 71.8 Å². The third-order valence-electron chi connectivity index (χ3n) is 4.61. The van der Waals surface area contributed by atoms with Gasteiger partial charge in [-0.3, -0.25) is 0 Å². The van der Waals surface area contributed by atoms with Gasteiger partial charge in [-0.1, -0.05) is 60.7 Å². The minimum absolute atomic E-state index is 0. The minimum atomic E-state index is -0.789. The lowest BCUT2D eigenvalue weighted by Gasteiger charge is -2.47. The molecule has 0 saturated carbocycles. The predicted octanol–water partition coefficient (Wildman–Crippen LogP) is 3.48. The molecule has 0 aromatic heterocycles. The summed E-state index contributed by atoms with van der Waals surface area (Å²) in [5.74, 6) is -0.789. The summed E-state index contributed by atoms with van der Waals surface area (Å²) in [5, 5.41) is 3.51. The van der Waals surface area contributed by atoms with Crippen LogP contribution in [-0.2, 0) is 15.3 Å². The Kier molecular flexibility index (Phi) is 5.02. The lowest BCUT2D eigenvalue weighted by molar-refractivity contribution is -0.292. The summed E-state index contributed by atoms with van der Waals surface area (Å²) in [6.07, 6.45) is 2.44. The number of fused-ring (bicyclic) bond motifs is 1. The number of hydrogen-bond acceptors (Lipinski definition) is 3. The molecule has 1 N–H and O–H groups in total. The van der Waals surface area contributed by atoms with Gasteiger partial charge in [0.1, 0.15) is 0 Å². The molecule has 0 radical (unpaired) electrons. The zero-order chi connectivity index (χ0) is 14.8. The van der Waals surface area contributed by atoms with E-state index in [1.165, 1.54) is 0 Å². The van der Waals surface area contributed by atoms with Gasteiger partial charge in [0.25, 0.3) is 0 Å². The molecule has 122 valence electrons. The van der Waals surface area contributed by atoms with E-state index in [-0.39, 0.29) is 18.5 Å². The highest BCUT2D eigenvalue weighted by Crippen LogP contribution is 2.40. The number of nitrogens with one attached hydrogen (secondary N) is 1. The summed E-state index contributed by atoms with van der Waals surface area (Å²) >= 11 is 0. The van der Waals surface area contributed by atoms with Gasteiger partial charge in [-0.05, 0) is 19.4 Å². The van der Waals surface area contributed by atoms with E-state index in [1.54, 1.807) is 0 Å². The number of halogens is 1. The first-order valence-corrected chi connectivity index (χ1v) is 8.05. The second kappa shape index (κ2) is 7.02. The Morgan fingerprint density at radius 3 is 2.13 bits per heavy atom. The van der Waals surface area contributed by atoms with Gasteiger partial charge in [0.2, 0.25) is 5.79 Å². The first kappa shape index (κ1) is 16.5. The maximum atomic E-state index is 6.57. The van der Waals surface area contributed by atoms with Crippen molar-refractivity contribution in [2.75, 3.05) is 13.2 Å². The molecule has 2 aliphatic heterocycles. The van der Waals surface area contributed by atoms with Crippen LogP contribution < -0.4 is 5.32 Å². The van der Waals surface area contributed by atoms with Crippen LogP contribution in [0, 0.1) is 0 Å². The number of piperidine rings is 1. The van der Waals surface area contributed by atoms with Gasteiger partial charge in [0.05, 0.1) is 18.8 Å². The van der Waals surface area contributed by atoms with E-state index in [2.05, 4.69) is 29.6 Å². The van der Waals surface area contributed by atoms with Crippen molar-refractivity contribution in [3.8, 4) is 0 Å². The van der Waals surface area contributed by atoms with E-state index in [0.29, 0.717) is 12.6 Å². The van der Waals surface area contributed by atoms with Crippen LogP contribution >= 0.6 is 12.4 Å². The van der Waals surface area contributed by atoms with Crippen LogP contribution in [0.1, 0.15) is 24.0 Å². The highest BCUT2D eigenvalue weighted by Gasteiger charge is 2.46. The van der Waals surface area contributed by atoms with E-state index in [9.17, 15) is 0 Å². The quantitative estimate of drug-likeness (QED) is 0.914. The second-order valence-electron chi connectivity index (χ2n) is 6.02. The molecular formula is C19H22ClNO2. The zero-order valence-corrected chi connectivity index (χ0v) is 13.8. The Labute approximate surface area is 143 Å². The van der Waals surface area contributed by atoms with Crippen molar-refractivity contribution in [2.24, 2.45) is 0 Å². The van der Waals surface area contributed by atoms with Gasteiger partial charge in [-0.2, -0.15) is 0 Å². The van der Waals surface area contributed by atoms with E-state index in [4.69, 9.17) is 9.47 Å². The average Bonchev–Trinajstić information content (AvgIpc) is 2.63. The van der Waals surface area contributed by atoms with Gasteiger partial charge in [0.15, 0.2) is 0 Å². The Bertz CT molecular complexity index is 580. The summed E-state index contributed by atoms with van der Waals surface area (Å²) in [6, 6.07) is 20.9. The molecule has 2 fully saturated rings. The molecule has 0 bridgehead atoms. The van der Waals surface area contributed by atoms with Crippen LogP contribution in [0.3, 0.4) is 0 Å². The van der Waals surface area contributed by atoms with Crippen LogP contribution in [0.25, 0.3) is 0 Å². The molecule has 4 rings (SSSR count). The monoisotopic (exact) mass is 331 g/mol. The SMILES string of the molecule is Cl.c1ccc(C2(c3ccccc3)OCC3NCCCC3O2)cc1. The number of ether oxygens (including phenoxy) is 2. The highest BCUT2D eigenvalue weighted by atomic mass is 35.5. The first-order valence-electron chi connectivity index (χ1n) is 8.05. The highest BCUT2D eigenvalue weighted by molar-refractivity contribution is 5.85. The predicted molar refractivity (Wildman–Crippen MR) is 92.8 cm³/mol. The van der Waals surface area contributed by atoms with Gasteiger partial charge >= 0.3 is 0 Å².